The van der Waals surface area contributed by atoms with E-state index in [1.165, 1.54) is 6.33 Å². The number of aliphatic hydroxyl groups excluding tert-OH is 2. The summed E-state index contributed by atoms with van der Waals surface area (Å²) in [5.74, 6) is 0.555. The fourth-order valence-corrected chi connectivity index (χ4v) is 2.72. The largest absolute Gasteiger partial charge is 0.394 e. The topological polar surface area (TPSA) is 92.3 Å². The summed E-state index contributed by atoms with van der Waals surface area (Å²) in [4.78, 5) is 8.01. The number of halogens is 2. The summed E-state index contributed by atoms with van der Waals surface area (Å²) < 4.78 is 0. The lowest BCUT2D eigenvalue weighted by atomic mass is 10.1. The Balaban J connectivity index is 0.000000283. The zero-order valence-electron chi connectivity index (χ0n) is 16.4. The molecule has 5 nitrogen and oxygen atoms in total. The van der Waals surface area contributed by atoms with Crippen molar-refractivity contribution in [2.45, 2.75) is 52.1 Å². The molecule has 1 aromatic carbocycles. The lowest BCUT2D eigenvalue weighted by Crippen LogP contribution is -2.11. The molecule has 0 fully saturated rings. The SMILES string of the molecule is CCC/C=C\c1c(C)ncnc1N.OCC(O)CCCc1ccc(Cl)c(Cl)c1. The number of allylic oxidation sites excluding steroid dienone is 1. The highest BCUT2D eigenvalue weighted by atomic mass is 35.5. The predicted octanol–water partition coefficient (Wildman–Crippen LogP) is 4.85. The Kier molecular flexibility index (Phi) is 11.8. The Bertz CT molecular complexity index is 734. The molecule has 0 radical (unpaired) electrons. The second-order valence-electron chi connectivity index (χ2n) is 6.43. The van der Waals surface area contributed by atoms with E-state index in [4.69, 9.17) is 39.1 Å². The van der Waals surface area contributed by atoms with Crippen LogP contribution in [-0.4, -0.2) is 32.9 Å². The van der Waals surface area contributed by atoms with Gasteiger partial charge >= 0.3 is 0 Å². The molecular formula is C21H29Cl2N3O2. The lowest BCUT2D eigenvalue weighted by Gasteiger charge is -2.07. The molecule has 0 amide bonds. The van der Waals surface area contributed by atoms with Gasteiger partial charge in [0.15, 0.2) is 0 Å². The quantitative estimate of drug-likeness (QED) is 0.561. The molecule has 0 saturated carbocycles. The number of nitrogens with zero attached hydrogens (tertiary/aromatic N) is 2. The van der Waals surface area contributed by atoms with Gasteiger partial charge in [0.05, 0.1) is 28.5 Å². The first kappa shape index (κ1) is 24.4. The van der Waals surface area contributed by atoms with E-state index >= 15 is 0 Å². The van der Waals surface area contributed by atoms with Crippen LogP contribution >= 0.6 is 23.2 Å². The van der Waals surface area contributed by atoms with E-state index < -0.39 is 6.10 Å². The fraction of sp³-hybridized carbons (Fsp3) is 0.429. The zero-order chi connectivity index (χ0) is 20.9. The Morgan fingerprint density at radius 2 is 1.96 bits per heavy atom. The molecule has 1 unspecified atom stereocenters. The van der Waals surface area contributed by atoms with Gasteiger partial charge in [-0.15, -0.1) is 0 Å². The van der Waals surface area contributed by atoms with Crippen molar-refractivity contribution in [3.8, 4) is 0 Å². The third-order valence-electron chi connectivity index (χ3n) is 4.05. The number of nitrogens with two attached hydrogens (primary N) is 1. The molecule has 28 heavy (non-hydrogen) atoms. The van der Waals surface area contributed by atoms with Crippen LogP contribution in [0.5, 0.6) is 0 Å². The van der Waals surface area contributed by atoms with Crippen LogP contribution in [0.2, 0.25) is 10.0 Å². The van der Waals surface area contributed by atoms with Gasteiger partial charge in [0.2, 0.25) is 0 Å². The minimum Gasteiger partial charge on any atom is -0.394 e. The van der Waals surface area contributed by atoms with Gasteiger partial charge < -0.3 is 15.9 Å². The maximum absolute atomic E-state index is 9.14. The van der Waals surface area contributed by atoms with Crippen LogP contribution in [0.25, 0.3) is 6.08 Å². The second-order valence-corrected chi connectivity index (χ2v) is 7.24. The van der Waals surface area contributed by atoms with Crippen molar-refractivity contribution >= 4 is 35.1 Å². The molecule has 4 N–H and O–H groups in total. The average Bonchev–Trinajstić information content (AvgIpc) is 2.67. The molecule has 0 saturated heterocycles. The number of benzene rings is 1. The van der Waals surface area contributed by atoms with Crippen molar-refractivity contribution in [2.75, 3.05) is 12.3 Å². The third kappa shape index (κ3) is 9.02. The Hall–Kier alpha value is -1.66. The van der Waals surface area contributed by atoms with Crippen molar-refractivity contribution in [3.05, 3.63) is 57.5 Å². The van der Waals surface area contributed by atoms with Crippen molar-refractivity contribution in [2.24, 2.45) is 0 Å². The minimum atomic E-state index is -0.618. The maximum Gasteiger partial charge on any atom is 0.134 e. The first-order valence-corrected chi connectivity index (χ1v) is 10.1. The fourth-order valence-electron chi connectivity index (χ4n) is 2.40. The van der Waals surface area contributed by atoms with Gasteiger partial charge in [-0.25, -0.2) is 9.97 Å². The van der Waals surface area contributed by atoms with E-state index in [1.807, 2.05) is 25.1 Å². The van der Waals surface area contributed by atoms with Crippen LogP contribution in [0.4, 0.5) is 5.82 Å². The van der Waals surface area contributed by atoms with Gasteiger partial charge in [0, 0.05) is 5.56 Å². The standard InChI is InChI=1S/C11H14Cl2O2.C10H15N3/c12-10-5-4-8(6-11(10)13)2-1-3-9(15)7-14;1-3-4-5-6-9-8(2)12-7-13-10(9)11/h4-6,9,14-15H,1-3,7H2;5-7H,3-4H2,1-2H3,(H2,11,12,13)/b;6-5-. The highest BCUT2D eigenvalue weighted by Gasteiger charge is 2.03. The van der Waals surface area contributed by atoms with Crippen LogP contribution < -0.4 is 5.73 Å². The van der Waals surface area contributed by atoms with E-state index in [9.17, 15) is 0 Å². The first-order chi connectivity index (χ1) is 13.4. The van der Waals surface area contributed by atoms with Crippen LogP contribution in [0.3, 0.4) is 0 Å². The van der Waals surface area contributed by atoms with Gasteiger partial charge in [0.25, 0.3) is 0 Å². The van der Waals surface area contributed by atoms with Gasteiger partial charge in [-0.1, -0.05) is 54.8 Å². The number of anilines is 1. The molecule has 1 atom stereocenters. The number of rotatable bonds is 8. The molecule has 0 aliphatic carbocycles. The molecule has 7 heteroatoms. The summed E-state index contributed by atoms with van der Waals surface area (Å²) in [7, 11) is 0. The number of hydrogen-bond donors (Lipinski definition) is 3. The van der Waals surface area contributed by atoms with E-state index in [0.29, 0.717) is 22.3 Å². The molecule has 0 aliphatic heterocycles. The van der Waals surface area contributed by atoms with Gasteiger partial charge in [-0.2, -0.15) is 0 Å². The number of aryl methyl sites for hydroxylation is 2. The van der Waals surface area contributed by atoms with E-state index in [-0.39, 0.29) is 6.61 Å². The van der Waals surface area contributed by atoms with E-state index in [0.717, 1.165) is 42.5 Å². The van der Waals surface area contributed by atoms with Crippen LogP contribution in [0, 0.1) is 6.92 Å². The molecular weight excluding hydrogens is 397 g/mol. The number of hydrogen-bond acceptors (Lipinski definition) is 5. The predicted molar refractivity (Wildman–Crippen MR) is 118 cm³/mol. The summed E-state index contributed by atoms with van der Waals surface area (Å²) in [6, 6.07) is 5.51. The highest BCUT2D eigenvalue weighted by molar-refractivity contribution is 6.42. The zero-order valence-corrected chi connectivity index (χ0v) is 17.9. The van der Waals surface area contributed by atoms with Crippen LogP contribution in [0.1, 0.15) is 49.4 Å². The number of aliphatic hydroxyl groups is 2. The van der Waals surface area contributed by atoms with Crippen molar-refractivity contribution in [3.63, 3.8) is 0 Å². The smallest absolute Gasteiger partial charge is 0.134 e. The molecule has 0 spiro atoms. The van der Waals surface area contributed by atoms with Gasteiger partial charge in [-0.3, -0.25) is 0 Å². The Labute approximate surface area is 177 Å². The number of aromatic nitrogens is 2. The highest BCUT2D eigenvalue weighted by Crippen LogP contribution is 2.23. The lowest BCUT2D eigenvalue weighted by molar-refractivity contribution is 0.0867. The van der Waals surface area contributed by atoms with E-state index in [2.05, 4.69) is 23.0 Å². The van der Waals surface area contributed by atoms with Crippen molar-refractivity contribution in [1.29, 1.82) is 0 Å². The molecule has 1 aromatic heterocycles. The minimum absolute atomic E-state index is 0.179. The summed E-state index contributed by atoms with van der Waals surface area (Å²) in [5.41, 5.74) is 8.66. The van der Waals surface area contributed by atoms with Crippen molar-refractivity contribution < 1.29 is 10.2 Å². The second kappa shape index (κ2) is 13.5. The Morgan fingerprint density at radius 1 is 1.21 bits per heavy atom. The summed E-state index contributed by atoms with van der Waals surface area (Å²) in [5, 5.41) is 18.9. The van der Waals surface area contributed by atoms with Gasteiger partial charge in [-0.05, 0) is 50.3 Å². The molecule has 2 rings (SSSR count). The first-order valence-electron chi connectivity index (χ1n) is 9.35. The molecule has 0 aliphatic rings. The van der Waals surface area contributed by atoms with Crippen LogP contribution in [-0.2, 0) is 6.42 Å². The van der Waals surface area contributed by atoms with Gasteiger partial charge in [0.1, 0.15) is 12.1 Å². The maximum atomic E-state index is 9.14. The normalized spacial score (nSPS) is 11.9. The van der Waals surface area contributed by atoms with Crippen LogP contribution in [0.15, 0.2) is 30.6 Å². The summed E-state index contributed by atoms with van der Waals surface area (Å²) in [6.07, 6.45) is 9.41. The molecule has 0 bridgehead atoms. The average molecular weight is 426 g/mol. The van der Waals surface area contributed by atoms with Crippen molar-refractivity contribution in [1.82, 2.24) is 9.97 Å². The molecule has 154 valence electrons. The monoisotopic (exact) mass is 425 g/mol. The third-order valence-corrected chi connectivity index (χ3v) is 4.79. The molecule has 1 heterocycles. The number of nitrogen functional groups attached to an aromatic ring is 1. The summed E-state index contributed by atoms with van der Waals surface area (Å²) in [6.45, 7) is 3.90. The number of unbranched alkanes of at least 4 members (excludes halogenated alkanes) is 1. The van der Waals surface area contributed by atoms with E-state index in [1.54, 1.807) is 6.07 Å². The molecule has 2 aromatic rings. The summed E-state index contributed by atoms with van der Waals surface area (Å²) >= 11 is 11.6. The Morgan fingerprint density at radius 3 is 2.57 bits per heavy atom.